The van der Waals surface area contributed by atoms with Gasteiger partial charge in [0, 0.05) is 5.56 Å². The van der Waals surface area contributed by atoms with Crippen LogP contribution in [0.1, 0.15) is 16.2 Å². The summed E-state index contributed by atoms with van der Waals surface area (Å²) >= 11 is 0. The molecule has 0 aliphatic heterocycles. The third kappa shape index (κ3) is 3.90. The summed E-state index contributed by atoms with van der Waals surface area (Å²) in [5, 5.41) is 6.79. The molecule has 0 unspecified atom stereocenters. The molecule has 11 heteroatoms. The van der Waals surface area contributed by atoms with Crippen molar-refractivity contribution < 1.29 is 31.5 Å². The molecule has 2 rings (SSSR count). The van der Waals surface area contributed by atoms with Crippen molar-refractivity contribution in [3.8, 4) is 5.75 Å². The summed E-state index contributed by atoms with van der Waals surface area (Å²) < 4.78 is 65.1. The second-order valence-electron chi connectivity index (χ2n) is 3.87. The van der Waals surface area contributed by atoms with Gasteiger partial charge in [0.25, 0.3) is 5.91 Å². The minimum absolute atomic E-state index is 0.114. The van der Waals surface area contributed by atoms with Gasteiger partial charge in [0.05, 0.1) is 0 Å². The number of ether oxygens (including phenoxy) is 1. The predicted octanol–water partition coefficient (Wildman–Crippen LogP) is 2.68. The van der Waals surface area contributed by atoms with Crippen molar-refractivity contribution >= 4 is 11.9 Å². The number of aromatic amines is 1. The molecule has 1 amide bonds. The molecule has 0 radical (unpaired) electrons. The second kappa shape index (κ2) is 5.95. The average Bonchev–Trinajstić information content (AvgIpc) is 2.86. The molecule has 0 saturated heterocycles. The average molecular weight is 322 g/mol. The van der Waals surface area contributed by atoms with E-state index >= 15 is 0 Å². The van der Waals surface area contributed by atoms with Crippen LogP contribution in [0.15, 0.2) is 24.3 Å². The summed E-state index contributed by atoms with van der Waals surface area (Å²) in [6, 6.07) is 4.72. The number of aromatic nitrogens is 3. The molecule has 118 valence electrons. The fourth-order valence-electron chi connectivity index (χ4n) is 1.43. The van der Waals surface area contributed by atoms with E-state index in [9.17, 15) is 26.7 Å². The van der Waals surface area contributed by atoms with E-state index in [0.717, 1.165) is 6.07 Å². The number of benzene rings is 1. The summed E-state index contributed by atoms with van der Waals surface area (Å²) in [7, 11) is 0. The molecule has 2 aromatic rings. The Morgan fingerprint density at radius 1 is 1.32 bits per heavy atom. The number of amides is 1. The molecule has 0 atom stereocenters. The van der Waals surface area contributed by atoms with Gasteiger partial charge in [-0.1, -0.05) is 6.07 Å². The Morgan fingerprint density at radius 3 is 2.64 bits per heavy atom. The van der Waals surface area contributed by atoms with E-state index in [0.29, 0.717) is 0 Å². The Morgan fingerprint density at radius 2 is 2.05 bits per heavy atom. The van der Waals surface area contributed by atoms with Crippen molar-refractivity contribution in [1.29, 1.82) is 0 Å². The summed E-state index contributed by atoms with van der Waals surface area (Å²) in [6.07, 6.45) is -4.74. The molecule has 1 aromatic heterocycles. The zero-order valence-corrected chi connectivity index (χ0v) is 10.5. The fourth-order valence-corrected chi connectivity index (χ4v) is 1.43. The standard InChI is InChI=1S/C11H7F5N4O2/c12-9(13)22-6-3-1-2-5(4-6)7(21)17-10-18-8(19-20-10)11(14,15)16/h1-4,9H,(H2,17,18,19,20,21). The number of carbonyl (C=O) groups is 1. The second-order valence-corrected chi connectivity index (χ2v) is 3.87. The molecular weight excluding hydrogens is 315 g/mol. The normalized spacial score (nSPS) is 11.5. The quantitative estimate of drug-likeness (QED) is 0.848. The highest BCUT2D eigenvalue weighted by Crippen LogP contribution is 2.26. The van der Waals surface area contributed by atoms with Crippen molar-refractivity contribution in [2.24, 2.45) is 0 Å². The number of H-pyrrole nitrogens is 1. The van der Waals surface area contributed by atoms with Crippen molar-refractivity contribution in [2.45, 2.75) is 12.8 Å². The molecular formula is C11H7F5N4O2. The number of carbonyl (C=O) groups excluding carboxylic acids is 1. The number of nitrogens with one attached hydrogen (secondary N) is 2. The Labute approximate surface area is 119 Å². The highest BCUT2D eigenvalue weighted by molar-refractivity contribution is 6.03. The van der Waals surface area contributed by atoms with Crippen LogP contribution in [-0.4, -0.2) is 27.7 Å². The summed E-state index contributed by atoms with van der Waals surface area (Å²) in [6.45, 7) is -3.07. The molecule has 0 aliphatic rings. The number of rotatable bonds is 4. The van der Waals surface area contributed by atoms with Crippen molar-refractivity contribution in [2.75, 3.05) is 5.32 Å². The van der Waals surface area contributed by atoms with Crippen LogP contribution in [-0.2, 0) is 6.18 Å². The Balaban J connectivity index is 2.10. The maximum absolute atomic E-state index is 12.3. The topological polar surface area (TPSA) is 79.9 Å². The zero-order valence-electron chi connectivity index (χ0n) is 10.5. The third-order valence-electron chi connectivity index (χ3n) is 2.30. The van der Waals surface area contributed by atoms with Crippen LogP contribution in [0.3, 0.4) is 0 Å². The van der Waals surface area contributed by atoms with Gasteiger partial charge in [-0.3, -0.25) is 15.2 Å². The van der Waals surface area contributed by atoms with Gasteiger partial charge in [-0.2, -0.15) is 26.9 Å². The number of alkyl halides is 5. The van der Waals surface area contributed by atoms with Gasteiger partial charge in [-0.25, -0.2) is 0 Å². The van der Waals surface area contributed by atoms with E-state index in [-0.39, 0.29) is 11.3 Å². The maximum Gasteiger partial charge on any atom is 0.451 e. The molecule has 0 bridgehead atoms. The lowest BCUT2D eigenvalue weighted by molar-refractivity contribution is -0.144. The van der Waals surface area contributed by atoms with Crippen LogP contribution in [0.4, 0.5) is 27.9 Å². The number of hydrogen-bond donors (Lipinski definition) is 2. The van der Waals surface area contributed by atoms with E-state index < -0.39 is 30.5 Å². The van der Waals surface area contributed by atoms with Gasteiger partial charge in [0.2, 0.25) is 11.8 Å². The first-order valence-electron chi connectivity index (χ1n) is 5.61. The number of anilines is 1. The van der Waals surface area contributed by atoms with E-state index in [1.165, 1.54) is 18.2 Å². The smallest absolute Gasteiger partial charge is 0.435 e. The first kappa shape index (κ1) is 15.7. The van der Waals surface area contributed by atoms with E-state index in [1.54, 1.807) is 5.10 Å². The van der Waals surface area contributed by atoms with Crippen LogP contribution in [0.25, 0.3) is 0 Å². The lowest BCUT2D eigenvalue weighted by atomic mass is 10.2. The molecule has 2 N–H and O–H groups in total. The molecule has 0 saturated carbocycles. The van der Waals surface area contributed by atoms with E-state index in [4.69, 9.17) is 0 Å². The monoisotopic (exact) mass is 322 g/mol. The van der Waals surface area contributed by atoms with Crippen molar-refractivity contribution in [3.05, 3.63) is 35.7 Å². The third-order valence-corrected chi connectivity index (χ3v) is 2.30. The first-order chi connectivity index (χ1) is 10.3. The van der Waals surface area contributed by atoms with Crippen molar-refractivity contribution in [1.82, 2.24) is 15.2 Å². The highest BCUT2D eigenvalue weighted by atomic mass is 19.4. The van der Waals surface area contributed by atoms with Gasteiger partial charge in [-0.15, -0.1) is 5.10 Å². The van der Waals surface area contributed by atoms with Crippen LogP contribution >= 0.6 is 0 Å². The summed E-state index contributed by atoms with van der Waals surface area (Å²) in [4.78, 5) is 14.8. The molecule has 22 heavy (non-hydrogen) atoms. The molecule has 0 spiro atoms. The summed E-state index contributed by atoms with van der Waals surface area (Å²) in [5.74, 6) is -3.13. The Hall–Kier alpha value is -2.72. The van der Waals surface area contributed by atoms with Crippen LogP contribution in [0.2, 0.25) is 0 Å². The highest BCUT2D eigenvalue weighted by Gasteiger charge is 2.35. The molecule has 1 heterocycles. The fraction of sp³-hybridized carbons (Fsp3) is 0.182. The van der Waals surface area contributed by atoms with E-state index in [2.05, 4.69) is 14.8 Å². The van der Waals surface area contributed by atoms with Crippen LogP contribution in [0.5, 0.6) is 5.75 Å². The molecule has 1 aromatic carbocycles. The van der Waals surface area contributed by atoms with Gasteiger partial charge in [0.15, 0.2) is 0 Å². The van der Waals surface area contributed by atoms with Crippen LogP contribution in [0, 0.1) is 0 Å². The van der Waals surface area contributed by atoms with Crippen molar-refractivity contribution in [3.63, 3.8) is 0 Å². The lowest BCUT2D eigenvalue weighted by Crippen LogP contribution is -2.14. The Bertz CT molecular complexity index is 670. The first-order valence-corrected chi connectivity index (χ1v) is 5.61. The Kier molecular flexibility index (Phi) is 4.24. The van der Waals surface area contributed by atoms with Gasteiger partial charge < -0.3 is 4.74 Å². The molecule has 0 aliphatic carbocycles. The van der Waals surface area contributed by atoms with Gasteiger partial charge >= 0.3 is 12.8 Å². The van der Waals surface area contributed by atoms with Crippen LogP contribution < -0.4 is 10.1 Å². The predicted molar refractivity (Wildman–Crippen MR) is 62.4 cm³/mol. The maximum atomic E-state index is 12.3. The van der Waals surface area contributed by atoms with Gasteiger partial charge in [-0.05, 0) is 18.2 Å². The molecule has 0 fully saturated rings. The summed E-state index contributed by atoms with van der Waals surface area (Å²) in [5.41, 5.74) is -0.114. The number of halogens is 5. The lowest BCUT2D eigenvalue weighted by Gasteiger charge is -2.06. The minimum atomic E-state index is -4.74. The van der Waals surface area contributed by atoms with Gasteiger partial charge in [0.1, 0.15) is 5.75 Å². The van der Waals surface area contributed by atoms with E-state index in [1.807, 2.05) is 5.32 Å². The SMILES string of the molecule is O=C(Nc1n[nH]c(C(F)(F)F)n1)c1cccc(OC(F)F)c1. The number of hydrogen-bond acceptors (Lipinski definition) is 4. The largest absolute Gasteiger partial charge is 0.451 e. The zero-order chi connectivity index (χ0) is 16.3. The minimum Gasteiger partial charge on any atom is -0.435 e. The number of nitrogens with zero attached hydrogens (tertiary/aromatic N) is 2. The molecule has 6 nitrogen and oxygen atoms in total.